The van der Waals surface area contributed by atoms with E-state index in [0.29, 0.717) is 49.2 Å². The number of ether oxygens (including phenoxy) is 2. The van der Waals surface area contributed by atoms with Crippen molar-refractivity contribution in [2.24, 2.45) is 0 Å². The molecule has 8 heteroatoms. The minimum absolute atomic E-state index is 0.00377. The van der Waals surface area contributed by atoms with E-state index in [1.54, 1.807) is 17.0 Å². The fourth-order valence-electron chi connectivity index (χ4n) is 2.70. The predicted molar refractivity (Wildman–Crippen MR) is 101 cm³/mol. The van der Waals surface area contributed by atoms with E-state index in [1.165, 1.54) is 0 Å². The van der Waals surface area contributed by atoms with Crippen molar-refractivity contribution >= 4 is 35.2 Å². The zero-order chi connectivity index (χ0) is 18.8. The van der Waals surface area contributed by atoms with Gasteiger partial charge >= 0.3 is 6.09 Å². The second-order valence-electron chi connectivity index (χ2n) is 6.01. The summed E-state index contributed by atoms with van der Waals surface area (Å²) < 4.78 is 10.6. The van der Waals surface area contributed by atoms with E-state index in [1.807, 2.05) is 12.1 Å². The predicted octanol–water partition coefficient (Wildman–Crippen LogP) is 3.46. The van der Waals surface area contributed by atoms with Crippen LogP contribution in [0.5, 0.6) is 5.75 Å². The number of halogens is 2. The molecule has 0 bridgehead atoms. The van der Waals surface area contributed by atoms with Gasteiger partial charge in [-0.1, -0.05) is 23.7 Å². The molecule has 0 unspecified atom stereocenters. The number of likely N-dealkylation sites (tertiary alicyclic amines) is 1. The van der Waals surface area contributed by atoms with Crippen molar-refractivity contribution < 1.29 is 19.1 Å². The Bertz CT molecular complexity index is 592. The lowest BCUT2D eigenvalue weighted by atomic mass is 10.1. The van der Waals surface area contributed by atoms with Crippen LogP contribution < -0.4 is 10.1 Å². The van der Waals surface area contributed by atoms with Crippen molar-refractivity contribution in [1.82, 2.24) is 10.2 Å². The van der Waals surface area contributed by atoms with E-state index in [0.717, 1.165) is 12.8 Å². The molecule has 1 aliphatic heterocycles. The van der Waals surface area contributed by atoms with Gasteiger partial charge in [-0.2, -0.15) is 0 Å². The van der Waals surface area contributed by atoms with Crippen LogP contribution in [-0.4, -0.2) is 55.1 Å². The minimum atomic E-state index is -0.341. The minimum Gasteiger partial charge on any atom is -0.492 e. The van der Waals surface area contributed by atoms with Gasteiger partial charge in [-0.3, -0.25) is 4.79 Å². The lowest BCUT2D eigenvalue weighted by Crippen LogP contribution is -2.46. The zero-order valence-corrected chi connectivity index (χ0v) is 16.1. The van der Waals surface area contributed by atoms with E-state index in [9.17, 15) is 9.59 Å². The second kappa shape index (κ2) is 11.1. The lowest BCUT2D eigenvalue weighted by Gasteiger charge is -2.31. The Morgan fingerprint density at radius 2 is 1.92 bits per heavy atom. The molecule has 0 atom stereocenters. The molecule has 0 aliphatic carbocycles. The molecule has 0 spiro atoms. The van der Waals surface area contributed by atoms with Crippen LogP contribution >= 0.6 is 23.2 Å². The van der Waals surface area contributed by atoms with Gasteiger partial charge in [0.1, 0.15) is 12.4 Å². The van der Waals surface area contributed by atoms with Crippen molar-refractivity contribution in [1.29, 1.82) is 0 Å². The number of nitrogens with one attached hydrogen (secondary N) is 1. The highest BCUT2D eigenvalue weighted by atomic mass is 35.5. The van der Waals surface area contributed by atoms with Crippen molar-refractivity contribution in [3.63, 3.8) is 0 Å². The molecule has 1 aliphatic rings. The Labute approximate surface area is 163 Å². The topological polar surface area (TPSA) is 67.9 Å². The monoisotopic (exact) mass is 402 g/mol. The fraction of sp³-hybridized carbons (Fsp3) is 0.556. The molecule has 1 aromatic carbocycles. The molecule has 2 amide bonds. The van der Waals surface area contributed by atoms with Crippen LogP contribution in [0.1, 0.15) is 25.7 Å². The number of piperidine rings is 1. The molecule has 0 saturated carbocycles. The number of benzene rings is 1. The third-order valence-electron chi connectivity index (χ3n) is 4.06. The van der Waals surface area contributed by atoms with Crippen LogP contribution in [0.15, 0.2) is 24.3 Å². The summed E-state index contributed by atoms with van der Waals surface area (Å²) in [4.78, 5) is 25.4. The molecule has 1 saturated heterocycles. The maximum Gasteiger partial charge on any atom is 0.409 e. The number of hydrogen-bond acceptors (Lipinski definition) is 4. The molecule has 2 rings (SSSR count). The van der Waals surface area contributed by atoms with Gasteiger partial charge in [0.15, 0.2) is 0 Å². The van der Waals surface area contributed by atoms with Gasteiger partial charge in [-0.05, 0) is 31.4 Å². The number of carbonyl (C=O) groups excluding carboxylic acids is 2. The van der Waals surface area contributed by atoms with E-state index >= 15 is 0 Å². The molecule has 1 fully saturated rings. The van der Waals surface area contributed by atoms with Crippen LogP contribution in [0.25, 0.3) is 0 Å². The van der Waals surface area contributed by atoms with Gasteiger partial charge in [-0.25, -0.2) is 4.79 Å². The van der Waals surface area contributed by atoms with Crippen LogP contribution in [0.3, 0.4) is 0 Å². The molecule has 0 radical (unpaired) electrons. The normalized spacial score (nSPS) is 14.8. The highest BCUT2D eigenvalue weighted by Crippen LogP contribution is 2.23. The number of alkyl halides is 1. The molecule has 1 N–H and O–H groups in total. The number of carbonyl (C=O) groups is 2. The quantitative estimate of drug-likeness (QED) is 0.533. The van der Waals surface area contributed by atoms with Crippen LogP contribution in [0.2, 0.25) is 5.02 Å². The van der Waals surface area contributed by atoms with E-state index in [4.69, 9.17) is 32.7 Å². The van der Waals surface area contributed by atoms with Crippen molar-refractivity contribution in [3.8, 4) is 5.75 Å². The summed E-state index contributed by atoms with van der Waals surface area (Å²) in [7, 11) is 0. The Balaban J connectivity index is 1.59. The third-order valence-corrected chi connectivity index (χ3v) is 4.53. The number of nitrogens with zero attached hydrogens (tertiary/aromatic N) is 1. The van der Waals surface area contributed by atoms with Gasteiger partial charge in [0.2, 0.25) is 5.91 Å². The summed E-state index contributed by atoms with van der Waals surface area (Å²) in [6.07, 6.45) is 2.10. The van der Waals surface area contributed by atoms with Crippen molar-refractivity contribution in [2.45, 2.75) is 31.7 Å². The molecule has 0 aromatic heterocycles. The molecule has 144 valence electrons. The Morgan fingerprint density at radius 1 is 1.19 bits per heavy atom. The third kappa shape index (κ3) is 6.92. The SMILES string of the molecule is O=C(CCCOc1ccccc1Cl)NC1CCN(C(=O)OCCCl)CC1. The largest absolute Gasteiger partial charge is 0.492 e. The van der Waals surface area contributed by atoms with Gasteiger partial charge in [0.25, 0.3) is 0 Å². The van der Waals surface area contributed by atoms with Crippen molar-refractivity contribution in [2.75, 3.05) is 32.2 Å². The summed E-state index contributed by atoms with van der Waals surface area (Å²) in [6, 6.07) is 7.34. The summed E-state index contributed by atoms with van der Waals surface area (Å²) in [5.74, 6) is 0.914. The Morgan fingerprint density at radius 3 is 2.62 bits per heavy atom. The standard InChI is InChI=1S/C18H24Cl2N2O4/c19-9-13-26-18(24)22-10-7-14(8-11-22)21-17(23)6-3-12-25-16-5-2-1-4-15(16)20/h1-2,4-5,14H,3,6-13H2,(H,21,23). The maximum absolute atomic E-state index is 12.0. The Hall–Kier alpha value is -1.66. The summed E-state index contributed by atoms with van der Waals surface area (Å²) in [5.41, 5.74) is 0. The number of rotatable bonds is 8. The molecule has 1 aromatic rings. The summed E-state index contributed by atoms with van der Waals surface area (Å²) in [5, 5.41) is 3.57. The molecular formula is C18H24Cl2N2O4. The summed E-state index contributed by atoms with van der Waals surface area (Å²) in [6.45, 7) is 1.79. The van der Waals surface area contributed by atoms with Gasteiger partial charge in [-0.15, -0.1) is 11.6 Å². The van der Waals surface area contributed by atoms with Crippen LogP contribution in [0, 0.1) is 0 Å². The summed E-state index contributed by atoms with van der Waals surface area (Å²) >= 11 is 11.5. The smallest absolute Gasteiger partial charge is 0.409 e. The zero-order valence-electron chi connectivity index (χ0n) is 14.6. The molecule has 1 heterocycles. The fourth-order valence-corrected chi connectivity index (χ4v) is 2.97. The first-order valence-corrected chi connectivity index (χ1v) is 9.65. The molecule has 26 heavy (non-hydrogen) atoms. The molecule has 6 nitrogen and oxygen atoms in total. The van der Waals surface area contributed by atoms with E-state index < -0.39 is 0 Å². The average molecular weight is 403 g/mol. The molecular weight excluding hydrogens is 379 g/mol. The second-order valence-corrected chi connectivity index (χ2v) is 6.80. The van der Waals surface area contributed by atoms with E-state index in [-0.39, 0.29) is 24.6 Å². The number of hydrogen-bond donors (Lipinski definition) is 1. The highest BCUT2D eigenvalue weighted by molar-refractivity contribution is 6.32. The first-order chi connectivity index (χ1) is 12.6. The first-order valence-electron chi connectivity index (χ1n) is 8.74. The number of amides is 2. The number of para-hydroxylation sites is 1. The first kappa shape index (κ1) is 20.6. The van der Waals surface area contributed by atoms with Gasteiger partial charge in [0.05, 0.1) is 17.5 Å². The van der Waals surface area contributed by atoms with Crippen molar-refractivity contribution in [3.05, 3.63) is 29.3 Å². The maximum atomic E-state index is 12.0. The van der Waals surface area contributed by atoms with Gasteiger partial charge < -0.3 is 19.7 Å². The van der Waals surface area contributed by atoms with Crippen LogP contribution in [0.4, 0.5) is 4.79 Å². The van der Waals surface area contributed by atoms with Crippen LogP contribution in [-0.2, 0) is 9.53 Å². The van der Waals surface area contributed by atoms with E-state index in [2.05, 4.69) is 5.32 Å². The highest BCUT2D eigenvalue weighted by Gasteiger charge is 2.24. The average Bonchev–Trinajstić information content (AvgIpc) is 2.65. The Kier molecular flexibility index (Phi) is 8.85. The lowest BCUT2D eigenvalue weighted by molar-refractivity contribution is -0.122. The van der Waals surface area contributed by atoms with Gasteiger partial charge in [0, 0.05) is 25.6 Å².